The molecule has 0 aromatic heterocycles. The minimum atomic E-state index is -3.36. The third-order valence-corrected chi connectivity index (χ3v) is 3.44. The Kier molecular flexibility index (Phi) is 7.60. The largest absolute Gasteiger partial charge is 0.327 e. The first kappa shape index (κ1) is 14.6. The number of hydrogen-bond donors (Lipinski definition) is 2. The van der Waals surface area contributed by atoms with Crippen molar-refractivity contribution in [1.29, 1.82) is 0 Å². The van der Waals surface area contributed by atoms with Gasteiger partial charge in [-0.15, -0.1) is 0 Å². The second-order valence-corrected chi connectivity index (χ2v) is 5.31. The lowest BCUT2D eigenvalue weighted by atomic mass is 10.2. The van der Waals surface area contributed by atoms with Gasteiger partial charge in [-0.1, -0.05) is 12.8 Å². The van der Waals surface area contributed by atoms with Gasteiger partial charge >= 0.3 is 7.60 Å². The van der Waals surface area contributed by atoms with Crippen molar-refractivity contribution in [2.24, 2.45) is 0 Å². The summed E-state index contributed by atoms with van der Waals surface area (Å²) >= 11 is 0. The van der Waals surface area contributed by atoms with E-state index in [1.54, 1.807) is 0 Å². The molecule has 0 aromatic rings. The van der Waals surface area contributed by atoms with Crippen molar-refractivity contribution >= 4 is 14.0 Å². The van der Waals surface area contributed by atoms with Crippen LogP contribution in [0.4, 0.5) is 0 Å². The van der Waals surface area contributed by atoms with Crippen LogP contribution in [0.2, 0.25) is 0 Å². The molecule has 0 heterocycles. The fourth-order valence-electron chi connectivity index (χ4n) is 1.08. The molecule has 0 saturated carbocycles. The standard InChI is InChI=1S/C8H18NO5P/c1-14-15(12,13)7-5-3-2-4-6-9(11)8-10/h8,11H,2-7H2,1H3,(H,12,13). The normalized spacial score (nSPS) is 14.6. The van der Waals surface area contributed by atoms with Gasteiger partial charge in [-0.2, -0.15) is 0 Å². The van der Waals surface area contributed by atoms with E-state index >= 15 is 0 Å². The number of hydrogen-bond acceptors (Lipinski definition) is 4. The quantitative estimate of drug-likeness (QED) is 0.208. The Morgan fingerprint density at radius 3 is 2.47 bits per heavy atom. The molecule has 1 atom stereocenters. The van der Waals surface area contributed by atoms with Gasteiger partial charge in [0.1, 0.15) is 0 Å². The number of carbonyl (C=O) groups is 1. The minimum Gasteiger partial charge on any atom is -0.324 e. The lowest BCUT2D eigenvalue weighted by Crippen LogP contribution is -2.17. The van der Waals surface area contributed by atoms with Gasteiger partial charge in [-0.3, -0.25) is 14.6 Å². The van der Waals surface area contributed by atoms with Gasteiger partial charge in [0.2, 0.25) is 6.41 Å². The molecule has 0 aliphatic carbocycles. The third-order valence-electron chi connectivity index (χ3n) is 1.98. The summed E-state index contributed by atoms with van der Waals surface area (Å²) in [6, 6.07) is 0. The molecule has 15 heavy (non-hydrogen) atoms. The number of unbranched alkanes of at least 4 members (excludes halogenated alkanes) is 3. The van der Waals surface area contributed by atoms with Gasteiger partial charge in [0.05, 0.1) is 0 Å². The van der Waals surface area contributed by atoms with Gasteiger partial charge in [0, 0.05) is 19.8 Å². The van der Waals surface area contributed by atoms with E-state index in [1.807, 2.05) is 0 Å². The highest BCUT2D eigenvalue weighted by Crippen LogP contribution is 2.41. The van der Waals surface area contributed by atoms with Crippen LogP contribution in [0.5, 0.6) is 0 Å². The van der Waals surface area contributed by atoms with Gasteiger partial charge in [0.15, 0.2) is 0 Å². The van der Waals surface area contributed by atoms with Crippen LogP contribution in [0, 0.1) is 0 Å². The van der Waals surface area contributed by atoms with E-state index in [0.29, 0.717) is 30.9 Å². The smallest absolute Gasteiger partial charge is 0.324 e. The molecule has 0 aliphatic heterocycles. The van der Waals surface area contributed by atoms with Crippen molar-refractivity contribution in [3.63, 3.8) is 0 Å². The van der Waals surface area contributed by atoms with E-state index < -0.39 is 7.60 Å². The average molecular weight is 239 g/mol. The monoisotopic (exact) mass is 239 g/mol. The van der Waals surface area contributed by atoms with Crippen LogP contribution >= 0.6 is 7.60 Å². The SMILES string of the molecule is COP(=O)(O)CCCCCCN(O)C=O. The van der Waals surface area contributed by atoms with E-state index in [9.17, 15) is 9.36 Å². The molecule has 0 radical (unpaired) electrons. The Labute approximate surface area is 89.3 Å². The molecular formula is C8H18NO5P. The van der Waals surface area contributed by atoms with E-state index in [0.717, 1.165) is 12.8 Å². The van der Waals surface area contributed by atoms with Gasteiger partial charge in [-0.05, 0) is 12.8 Å². The van der Waals surface area contributed by atoms with Gasteiger partial charge in [-0.25, -0.2) is 5.06 Å². The maximum atomic E-state index is 11.0. The summed E-state index contributed by atoms with van der Waals surface area (Å²) in [6.45, 7) is 0.296. The topological polar surface area (TPSA) is 87.1 Å². The molecular weight excluding hydrogens is 221 g/mol. The fraction of sp³-hybridized carbons (Fsp3) is 0.875. The third kappa shape index (κ3) is 8.57. The zero-order chi connectivity index (χ0) is 11.7. The molecule has 90 valence electrons. The molecule has 0 saturated heterocycles. The van der Waals surface area contributed by atoms with E-state index in [2.05, 4.69) is 4.52 Å². The van der Waals surface area contributed by atoms with Crippen molar-refractivity contribution in [3.05, 3.63) is 0 Å². The van der Waals surface area contributed by atoms with Crippen LogP contribution in [0.1, 0.15) is 25.7 Å². The maximum absolute atomic E-state index is 11.0. The molecule has 0 aromatic carbocycles. The molecule has 0 bridgehead atoms. The summed E-state index contributed by atoms with van der Waals surface area (Å²) in [5.74, 6) is 0. The Morgan fingerprint density at radius 2 is 1.93 bits per heavy atom. The second kappa shape index (κ2) is 7.82. The lowest BCUT2D eigenvalue weighted by Gasteiger charge is -2.09. The highest BCUT2D eigenvalue weighted by atomic mass is 31.2. The van der Waals surface area contributed by atoms with Crippen LogP contribution in [0.15, 0.2) is 0 Å². The van der Waals surface area contributed by atoms with Crippen LogP contribution in [0.3, 0.4) is 0 Å². The van der Waals surface area contributed by atoms with E-state index in [1.165, 1.54) is 7.11 Å². The first-order valence-corrected chi connectivity index (χ1v) is 6.56. The number of rotatable bonds is 9. The van der Waals surface area contributed by atoms with Crippen molar-refractivity contribution in [1.82, 2.24) is 5.06 Å². The first-order chi connectivity index (χ1) is 7.02. The summed E-state index contributed by atoms with van der Waals surface area (Å²) in [7, 11) is -2.15. The predicted molar refractivity (Wildman–Crippen MR) is 54.7 cm³/mol. The highest BCUT2D eigenvalue weighted by Gasteiger charge is 2.15. The Balaban J connectivity index is 3.33. The van der Waals surface area contributed by atoms with Gasteiger partial charge in [0.25, 0.3) is 0 Å². The average Bonchev–Trinajstić information content (AvgIpc) is 2.22. The molecule has 0 aliphatic rings. The highest BCUT2D eigenvalue weighted by molar-refractivity contribution is 7.52. The van der Waals surface area contributed by atoms with Crippen molar-refractivity contribution in [2.75, 3.05) is 19.8 Å². The molecule has 1 unspecified atom stereocenters. The van der Waals surface area contributed by atoms with Crippen molar-refractivity contribution < 1.29 is 24.0 Å². The zero-order valence-corrected chi connectivity index (χ0v) is 9.73. The maximum Gasteiger partial charge on any atom is 0.327 e. The molecule has 0 rings (SSSR count). The summed E-state index contributed by atoms with van der Waals surface area (Å²) in [5, 5.41) is 9.33. The molecule has 1 amide bonds. The first-order valence-electron chi connectivity index (χ1n) is 4.80. The Bertz CT molecular complexity index is 223. The number of carbonyl (C=O) groups excluding carboxylic acids is 1. The van der Waals surface area contributed by atoms with E-state index in [-0.39, 0.29) is 6.16 Å². The summed E-state index contributed by atoms with van der Waals surface area (Å²) in [5.41, 5.74) is 0. The van der Waals surface area contributed by atoms with Crippen molar-refractivity contribution in [3.8, 4) is 0 Å². The second-order valence-electron chi connectivity index (χ2n) is 3.23. The summed E-state index contributed by atoms with van der Waals surface area (Å²) < 4.78 is 15.4. The fourth-order valence-corrected chi connectivity index (χ4v) is 1.89. The van der Waals surface area contributed by atoms with Crippen LogP contribution in [0.25, 0.3) is 0 Å². The summed E-state index contributed by atoms with van der Waals surface area (Å²) in [6.07, 6.45) is 3.37. The molecule has 0 spiro atoms. The molecule has 0 fully saturated rings. The minimum absolute atomic E-state index is 0.153. The summed E-state index contributed by atoms with van der Waals surface area (Å²) in [4.78, 5) is 19.0. The molecule has 6 nitrogen and oxygen atoms in total. The number of amides is 1. The van der Waals surface area contributed by atoms with Gasteiger partial charge < -0.3 is 9.42 Å². The van der Waals surface area contributed by atoms with Crippen LogP contribution < -0.4 is 0 Å². The molecule has 2 N–H and O–H groups in total. The molecule has 7 heteroatoms. The Morgan fingerprint density at radius 1 is 1.33 bits per heavy atom. The van der Waals surface area contributed by atoms with Crippen LogP contribution in [-0.2, 0) is 13.9 Å². The van der Waals surface area contributed by atoms with E-state index in [4.69, 9.17) is 10.1 Å². The number of nitrogens with zero attached hydrogens (tertiary/aromatic N) is 1. The predicted octanol–water partition coefficient (Wildman–Crippen LogP) is 1.23. The van der Waals surface area contributed by atoms with Crippen LogP contribution in [-0.4, -0.2) is 41.4 Å². The lowest BCUT2D eigenvalue weighted by molar-refractivity contribution is -0.149. The number of hydroxylamine groups is 2. The zero-order valence-electron chi connectivity index (χ0n) is 8.83. The Hall–Kier alpha value is -0.420. The van der Waals surface area contributed by atoms with Crippen molar-refractivity contribution in [2.45, 2.75) is 25.7 Å².